The van der Waals surface area contributed by atoms with Gasteiger partial charge in [-0.05, 0) is 31.2 Å². The molecule has 7 nitrogen and oxygen atoms in total. The predicted molar refractivity (Wildman–Crippen MR) is 119 cm³/mol. The molecule has 0 aliphatic heterocycles. The lowest BCUT2D eigenvalue weighted by Crippen LogP contribution is -2.25. The van der Waals surface area contributed by atoms with Crippen LogP contribution in [-0.2, 0) is 17.9 Å². The molecule has 1 aromatic heterocycles. The molecule has 31 heavy (non-hydrogen) atoms. The van der Waals surface area contributed by atoms with E-state index in [0.29, 0.717) is 28.2 Å². The van der Waals surface area contributed by atoms with Crippen LogP contribution in [0.1, 0.15) is 23.1 Å². The number of nitrogens with zero attached hydrogens (tertiary/aromatic N) is 3. The van der Waals surface area contributed by atoms with Crippen molar-refractivity contribution in [2.45, 2.75) is 25.2 Å². The van der Waals surface area contributed by atoms with Crippen LogP contribution in [0.3, 0.4) is 0 Å². The number of carbonyl (C=O) groups is 2. The number of thioether (sulfide) groups is 1. The quantitative estimate of drug-likeness (QED) is 0.465. The molecule has 0 unspecified atom stereocenters. The van der Waals surface area contributed by atoms with Crippen molar-refractivity contribution in [1.29, 1.82) is 0 Å². The van der Waals surface area contributed by atoms with Crippen LogP contribution in [0.2, 0.25) is 10.0 Å². The molecule has 11 heteroatoms. The smallest absolute Gasteiger partial charge is 0.254 e. The highest BCUT2D eigenvalue weighted by atomic mass is 35.5. The molecule has 3 rings (SSSR count). The first kappa shape index (κ1) is 23.1. The number of rotatable bonds is 8. The van der Waals surface area contributed by atoms with Gasteiger partial charge in [-0.3, -0.25) is 9.59 Å². The second-order valence-corrected chi connectivity index (χ2v) is 7.97. The highest BCUT2D eigenvalue weighted by Gasteiger charge is 2.16. The van der Waals surface area contributed by atoms with Crippen molar-refractivity contribution in [1.82, 2.24) is 20.1 Å². The zero-order valence-electron chi connectivity index (χ0n) is 16.4. The van der Waals surface area contributed by atoms with Crippen molar-refractivity contribution in [2.24, 2.45) is 0 Å². The van der Waals surface area contributed by atoms with Crippen LogP contribution in [0.4, 0.5) is 10.1 Å². The summed E-state index contributed by atoms with van der Waals surface area (Å²) in [4.78, 5) is 24.5. The number of hydrogen-bond acceptors (Lipinski definition) is 5. The van der Waals surface area contributed by atoms with E-state index in [9.17, 15) is 14.0 Å². The van der Waals surface area contributed by atoms with Gasteiger partial charge in [0.15, 0.2) is 11.0 Å². The van der Waals surface area contributed by atoms with Gasteiger partial charge in [0, 0.05) is 6.54 Å². The van der Waals surface area contributed by atoms with Gasteiger partial charge in [0.2, 0.25) is 5.91 Å². The van der Waals surface area contributed by atoms with Crippen molar-refractivity contribution in [3.05, 3.63) is 69.7 Å². The van der Waals surface area contributed by atoms with Gasteiger partial charge in [-0.25, -0.2) is 4.39 Å². The average Bonchev–Trinajstić information content (AvgIpc) is 3.16. The molecule has 0 aliphatic carbocycles. The summed E-state index contributed by atoms with van der Waals surface area (Å²) in [5.74, 6) is -0.861. The monoisotopic (exact) mass is 481 g/mol. The molecular formula is C20H18Cl2FN5O2S. The summed E-state index contributed by atoms with van der Waals surface area (Å²) in [5.41, 5.74) is 0.379. The Kier molecular flexibility index (Phi) is 7.89. The molecule has 3 aromatic rings. The van der Waals surface area contributed by atoms with Crippen LogP contribution < -0.4 is 10.6 Å². The number of benzene rings is 2. The van der Waals surface area contributed by atoms with Crippen molar-refractivity contribution in [3.63, 3.8) is 0 Å². The van der Waals surface area contributed by atoms with Crippen LogP contribution in [0.25, 0.3) is 0 Å². The van der Waals surface area contributed by atoms with Gasteiger partial charge in [-0.15, -0.1) is 10.2 Å². The Balaban J connectivity index is 1.59. The Bertz CT molecular complexity index is 1110. The van der Waals surface area contributed by atoms with E-state index < -0.39 is 11.7 Å². The summed E-state index contributed by atoms with van der Waals surface area (Å²) in [6.45, 7) is 2.49. The molecule has 0 atom stereocenters. The van der Waals surface area contributed by atoms with Gasteiger partial charge in [0.25, 0.3) is 5.91 Å². The predicted octanol–water partition coefficient (Wildman–Crippen LogP) is 4.40. The van der Waals surface area contributed by atoms with Crippen LogP contribution in [0, 0.1) is 5.82 Å². The highest BCUT2D eigenvalue weighted by molar-refractivity contribution is 7.99. The first-order valence-electron chi connectivity index (χ1n) is 9.22. The van der Waals surface area contributed by atoms with Gasteiger partial charge in [-0.2, -0.15) is 0 Å². The van der Waals surface area contributed by atoms with E-state index in [1.165, 1.54) is 30.0 Å². The molecule has 2 aromatic carbocycles. The van der Waals surface area contributed by atoms with Crippen molar-refractivity contribution >= 4 is 52.5 Å². The summed E-state index contributed by atoms with van der Waals surface area (Å²) in [6.07, 6.45) is 0. The van der Waals surface area contributed by atoms with Crippen LogP contribution in [0.5, 0.6) is 0 Å². The van der Waals surface area contributed by atoms with Gasteiger partial charge in [0.1, 0.15) is 5.82 Å². The molecule has 0 aliphatic rings. The molecule has 0 bridgehead atoms. The largest absolute Gasteiger partial charge is 0.345 e. The van der Waals surface area contributed by atoms with Crippen molar-refractivity contribution in [3.8, 4) is 0 Å². The second kappa shape index (κ2) is 10.6. The van der Waals surface area contributed by atoms with Gasteiger partial charge >= 0.3 is 0 Å². The minimum absolute atomic E-state index is 0.0454. The summed E-state index contributed by atoms with van der Waals surface area (Å²) in [7, 11) is 0. The van der Waals surface area contributed by atoms with E-state index in [0.717, 1.165) is 0 Å². The topological polar surface area (TPSA) is 88.9 Å². The zero-order chi connectivity index (χ0) is 22.4. The first-order chi connectivity index (χ1) is 14.9. The van der Waals surface area contributed by atoms with Crippen LogP contribution in [0.15, 0.2) is 47.6 Å². The molecule has 1 heterocycles. The fraction of sp³-hybridized carbons (Fsp3) is 0.200. The Morgan fingerprint density at radius 1 is 1.13 bits per heavy atom. The lowest BCUT2D eigenvalue weighted by molar-refractivity contribution is -0.113. The number of carbonyl (C=O) groups excluding carboxylic acids is 2. The molecular weight excluding hydrogens is 464 g/mol. The molecule has 2 N–H and O–H groups in total. The third-order valence-electron chi connectivity index (χ3n) is 4.19. The van der Waals surface area contributed by atoms with Crippen molar-refractivity contribution in [2.75, 3.05) is 11.1 Å². The Morgan fingerprint density at radius 2 is 1.90 bits per heavy atom. The Labute approximate surface area is 192 Å². The number of amides is 2. The molecule has 0 spiro atoms. The molecule has 0 saturated heterocycles. The summed E-state index contributed by atoms with van der Waals surface area (Å²) in [5, 5.41) is 14.6. The summed E-state index contributed by atoms with van der Waals surface area (Å²) < 4.78 is 15.5. The standard InChI is InChI=1S/C20H18Cl2FN5O2S/c1-2-28-16(10-24-19(30)12-6-3-4-8-14(12)23)26-27-20(28)31-11-17(29)25-15-9-5-7-13(21)18(15)22/h3-9H,2,10-11H2,1H3,(H,24,30)(H,25,29). The molecule has 162 valence electrons. The number of hydrogen-bond donors (Lipinski definition) is 2. The minimum atomic E-state index is -0.598. The van der Waals surface area contributed by atoms with Crippen molar-refractivity contribution < 1.29 is 14.0 Å². The maximum atomic E-state index is 13.7. The molecule has 0 fully saturated rings. The van der Waals surface area contributed by atoms with E-state index in [2.05, 4.69) is 20.8 Å². The third-order valence-corrected chi connectivity index (χ3v) is 5.98. The number of aromatic nitrogens is 3. The molecule has 0 saturated carbocycles. The van der Waals surface area contributed by atoms with Gasteiger partial charge in [-0.1, -0.05) is 53.2 Å². The minimum Gasteiger partial charge on any atom is -0.345 e. The summed E-state index contributed by atoms with van der Waals surface area (Å²) in [6, 6.07) is 10.7. The van der Waals surface area contributed by atoms with Crippen LogP contribution >= 0.6 is 35.0 Å². The maximum Gasteiger partial charge on any atom is 0.254 e. The van der Waals surface area contributed by atoms with Gasteiger partial charge < -0.3 is 15.2 Å². The normalized spacial score (nSPS) is 10.7. The second-order valence-electron chi connectivity index (χ2n) is 6.24. The van der Waals surface area contributed by atoms with E-state index in [1.54, 1.807) is 28.8 Å². The Hall–Kier alpha value is -2.62. The average molecular weight is 482 g/mol. The number of anilines is 1. The number of nitrogens with one attached hydrogen (secondary N) is 2. The number of halogens is 3. The van der Waals surface area contributed by atoms with E-state index >= 15 is 0 Å². The third kappa shape index (κ3) is 5.75. The SMILES string of the molecule is CCn1c(CNC(=O)c2ccccc2F)nnc1SCC(=O)Nc1cccc(Cl)c1Cl. The Morgan fingerprint density at radius 3 is 2.65 bits per heavy atom. The fourth-order valence-corrected chi connectivity index (χ4v) is 3.86. The van der Waals surface area contributed by atoms with Gasteiger partial charge in [0.05, 0.1) is 33.6 Å². The van der Waals surface area contributed by atoms with Crippen LogP contribution in [-0.4, -0.2) is 32.3 Å². The van der Waals surface area contributed by atoms with E-state index in [4.69, 9.17) is 23.2 Å². The lowest BCUT2D eigenvalue weighted by atomic mass is 10.2. The fourth-order valence-electron chi connectivity index (χ4n) is 2.69. The van der Waals surface area contributed by atoms with E-state index in [-0.39, 0.29) is 28.8 Å². The first-order valence-corrected chi connectivity index (χ1v) is 11.0. The molecule has 2 amide bonds. The van der Waals surface area contributed by atoms with E-state index in [1.807, 2.05) is 6.92 Å². The molecule has 0 radical (unpaired) electrons. The zero-order valence-corrected chi connectivity index (χ0v) is 18.7. The highest BCUT2D eigenvalue weighted by Crippen LogP contribution is 2.29. The maximum absolute atomic E-state index is 13.7. The lowest BCUT2D eigenvalue weighted by Gasteiger charge is -2.10. The summed E-state index contributed by atoms with van der Waals surface area (Å²) >= 11 is 13.2.